The zero-order chi connectivity index (χ0) is 20.8. The van der Waals surface area contributed by atoms with Crippen LogP contribution >= 0.6 is 11.6 Å². The number of nitrogens with one attached hydrogen (secondary N) is 1. The minimum absolute atomic E-state index is 0.116. The molecule has 2 aromatic rings. The van der Waals surface area contributed by atoms with Crippen molar-refractivity contribution in [3.8, 4) is 0 Å². The topological polar surface area (TPSA) is 49.4 Å². The van der Waals surface area contributed by atoms with Crippen LogP contribution in [0.3, 0.4) is 0 Å². The third-order valence-corrected chi connectivity index (χ3v) is 5.69. The van der Waals surface area contributed by atoms with Gasteiger partial charge in [-0.1, -0.05) is 17.7 Å². The Bertz CT molecular complexity index is 900. The number of hydrogen-bond acceptors (Lipinski definition) is 3. The van der Waals surface area contributed by atoms with Crippen molar-refractivity contribution in [2.75, 3.05) is 25.0 Å². The number of aryl methyl sites for hydroxylation is 1. The van der Waals surface area contributed by atoms with Gasteiger partial charge in [0.15, 0.2) is 5.78 Å². The lowest BCUT2D eigenvalue weighted by Gasteiger charge is -2.26. The maximum absolute atomic E-state index is 13.0. The first-order valence-electron chi connectivity index (χ1n) is 10.0. The van der Waals surface area contributed by atoms with E-state index in [1.165, 1.54) is 12.1 Å². The lowest BCUT2D eigenvalue weighted by Crippen LogP contribution is -2.31. The van der Waals surface area contributed by atoms with E-state index in [1.807, 2.05) is 18.2 Å². The summed E-state index contributed by atoms with van der Waals surface area (Å²) in [6.07, 6.45) is 4.17. The normalized spacial score (nSPS) is 13.5. The molecular formula is C23H26ClFN2O2. The molecule has 0 radical (unpaired) electrons. The minimum Gasteiger partial charge on any atom is -0.316 e. The van der Waals surface area contributed by atoms with Crippen LogP contribution in [0.4, 0.5) is 10.1 Å². The molecule has 0 atom stereocenters. The van der Waals surface area contributed by atoms with Crippen molar-refractivity contribution in [3.05, 3.63) is 63.9 Å². The SMILES string of the molecule is CN1C(=O)CCc2cc(C(=O)CCCCNCCc3ccc(F)cc3Cl)ccc21. The Kier molecular flexibility index (Phi) is 7.40. The lowest BCUT2D eigenvalue weighted by molar-refractivity contribution is -0.118. The van der Waals surface area contributed by atoms with Crippen LogP contribution in [0, 0.1) is 5.82 Å². The Morgan fingerprint density at radius 3 is 2.76 bits per heavy atom. The second kappa shape index (κ2) is 9.99. The van der Waals surface area contributed by atoms with Crippen LogP contribution in [-0.4, -0.2) is 31.8 Å². The number of fused-ring (bicyclic) bond motifs is 1. The second-order valence-corrected chi connectivity index (χ2v) is 7.82. The summed E-state index contributed by atoms with van der Waals surface area (Å²) in [7, 11) is 1.78. The maximum Gasteiger partial charge on any atom is 0.227 e. The number of anilines is 1. The fourth-order valence-corrected chi connectivity index (χ4v) is 3.84. The first kappa shape index (κ1) is 21.5. The third-order valence-electron chi connectivity index (χ3n) is 5.34. The van der Waals surface area contributed by atoms with Crippen LogP contribution in [0.25, 0.3) is 0 Å². The Labute approximate surface area is 176 Å². The molecule has 3 rings (SSSR count). The Balaban J connectivity index is 1.36. The number of amides is 1. The number of benzene rings is 2. The van der Waals surface area contributed by atoms with E-state index < -0.39 is 0 Å². The van der Waals surface area contributed by atoms with Crippen molar-refractivity contribution in [1.29, 1.82) is 0 Å². The third kappa shape index (κ3) is 5.64. The Morgan fingerprint density at radius 1 is 1.14 bits per heavy atom. The molecule has 154 valence electrons. The van der Waals surface area contributed by atoms with Crippen molar-refractivity contribution in [3.63, 3.8) is 0 Å². The Morgan fingerprint density at radius 2 is 1.97 bits per heavy atom. The van der Waals surface area contributed by atoms with E-state index in [1.54, 1.807) is 18.0 Å². The van der Waals surface area contributed by atoms with Gasteiger partial charge < -0.3 is 10.2 Å². The van der Waals surface area contributed by atoms with Crippen LogP contribution in [0.2, 0.25) is 5.02 Å². The van der Waals surface area contributed by atoms with Crippen molar-refractivity contribution in [1.82, 2.24) is 5.32 Å². The largest absolute Gasteiger partial charge is 0.316 e. The average molecular weight is 417 g/mol. The number of carbonyl (C=O) groups excluding carboxylic acids is 2. The van der Waals surface area contributed by atoms with E-state index in [4.69, 9.17) is 11.6 Å². The molecule has 1 amide bonds. The molecule has 1 aliphatic heterocycles. The van der Waals surface area contributed by atoms with Gasteiger partial charge in [0, 0.05) is 36.2 Å². The molecule has 0 fully saturated rings. The quantitative estimate of drug-likeness (QED) is 0.481. The first-order valence-corrected chi connectivity index (χ1v) is 10.4. The lowest BCUT2D eigenvalue weighted by atomic mass is 9.96. The number of carbonyl (C=O) groups is 2. The summed E-state index contributed by atoms with van der Waals surface area (Å²) in [5, 5.41) is 3.79. The number of unbranched alkanes of at least 4 members (excludes halogenated alkanes) is 1. The molecule has 0 unspecified atom stereocenters. The highest BCUT2D eigenvalue weighted by atomic mass is 35.5. The van der Waals surface area contributed by atoms with E-state index in [9.17, 15) is 14.0 Å². The van der Waals surface area contributed by atoms with Gasteiger partial charge in [-0.25, -0.2) is 4.39 Å². The molecule has 0 saturated carbocycles. The molecule has 1 heterocycles. The molecule has 0 bridgehead atoms. The van der Waals surface area contributed by atoms with Gasteiger partial charge in [-0.05, 0) is 80.2 Å². The van der Waals surface area contributed by atoms with Gasteiger partial charge in [0.2, 0.25) is 5.91 Å². The monoisotopic (exact) mass is 416 g/mol. The zero-order valence-electron chi connectivity index (χ0n) is 16.6. The molecule has 29 heavy (non-hydrogen) atoms. The van der Waals surface area contributed by atoms with Gasteiger partial charge >= 0.3 is 0 Å². The highest BCUT2D eigenvalue weighted by Gasteiger charge is 2.21. The van der Waals surface area contributed by atoms with E-state index in [0.29, 0.717) is 24.3 Å². The van der Waals surface area contributed by atoms with Gasteiger partial charge in [-0.15, -0.1) is 0 Å². The number of nitrogens with zero attached hydrogens (tertiary/aromatic N) is 1. The van der Waals surface area contributed by atoms with Crippen molar-refractivity contribution >= 4 is 29.0 Å². The van der Waals surface area contributed by atoms with Gasteiger partial charge in [0.05, 0.1) is 0 Å². The summed E-state index contributed by atoms with van der Waals surface area (Å²) in [5.74, 6) is -0.0629. The number of Topliss-reactive ketones (excluding diaryl/α,β-unsaturated/α-hetero) is 1. The second-order valence-electron chi connectivity index (χ2n) is 7.41. The summed E-state index contributed by atoms with van der Waals surface area (Å²) in [6.45, 7) is 1.58. The summed E-state index contributed by atoms with van der Waals surface area (Å²) in [6, 6.07) is 10.1. The number of halogens is 2. The van der Waals surface area contributed by atoms with E-state index in [2.05, 4.69) is 5.32 Å². The van der Waals surface area contributed by atoms with Gasteiger partial charge in [-0.3, -0.25) is 9.59 Å². The molecule has 4 nitrogen and oxygen atoms in total. The highest BCUT2D eigenvalue weighted by Crippen LogP contribution is 2.28. The number of ketones is 1. The van der Waals surface area contributed by atoms with Gasteiger partial charge in [0.25, 0.3) is 0 Å². The summed E-state index contributed by atoms with van der Waals surface area (Å²) in [5.41, 5.74) is 3.63. The maximum atomic E-state index is 13.0. The van der Waals surface area contributed by atoms with Crippen LogP contribution in [0.1, 0.15) is 47.2 Å². The summed E-state index contributed by atoms with van der Waals surface area (Å²) in [4.78, 5) is 25.9. The molecular weight excluding hydrogens is 391 g/mol. The molecule has 0 aliphatic carbocycles. The van der Waals surface area contributed by atoms with Crippen molar-refractivity contribution in [2.24, 2.45) is 0 Å². The van der Waals surface area contributed by atoms with E-state index >= 15 is 0 Å². The van der Waals surface area contributed by atoms with Crippen molar-refractivity contribution < 1.29 is 14.0 Å². The Hall–Kier alpha value is -2.24. The smallest absolute Gasteiger partial charge is 0.227 e. The predicted octanol–water partition coefficient (Wildman–Crippen LogP) is 4.57. The fraction of sp³-hybridized carbons (Fsp3) is 0.391. The molecule has 0 spiro atoms. The standard InChI is InChI=1S/C23H26ClFN2O2/c1-27-21-9-6-18(14-17(21)7-10-23(27)29)22(28)4-2-3-12-26-13-11-16-5-8-19(25)15-20(16)24/h5-6,8-9,14-15,26H,2-4,7,10-13H2,1H3. The molecule has 1 aliphatic rings. The summed E-state index contributed by atoms with van der Waals surface area (Å²) >= 11 is 6.02. The van der Waals surface area contributed by atoms with Gasteiger partial charge in [-0.2, -0.15) is 0 Å². The molecule has 0 aromatic heterocycles. The number of rotatable bonds is 9. The molecule has 1 N–H and O–H groups in total. The van der Waals surface area contributed by atoms with Crippen LogP contribution in [0.5, 0.6) is 0 Å². The number of hydrogen-bond donors (Lipinski definition) is 1. The molecule has 2 aromatic carbocycles. The predicted molar refractivity (Wildman–Crippen MR) is 114 cm³/mol. The first-order chi connectivity index (χ1) is 14.0. The molecule has 6 heteroatoms. The fourth-order valence-electron chi connectivity index (χ4n) is 3.58. The highest BCUT2D eigenvalue weighted by molar-refractivity contribution is 6.31. The van der Waals surface area contributed by atoms with E-state index in [-0.39, 0.29) is 17.5 Å². The average Bonchev–Trinajstić information content (AvgIpc) is 2.71. The van der Waals surface area contributed by atoms with Crippen molar-refractivity contribution in [2.45, 2.75) is 38.5 Å². The summed E-state index contributed by atoms with van der Waals surface area (Å²) < 4.78 is 13.0. The van der Waals surface area contributed by atoms with Crippen LogP contribution in [-0.2, 0) is 17.6 Å². The minimum atomic E-state index is -0.323. The van der Waals surface area contributed by atoms with Crippen LogP contribution in [0.15, 0.2) is 36.4 Å². The van der Waals surface area contributed by atoms with Gasteiger partial charge in [0.1, 0.15) is 5.82 Å². The van der Waals surface area contributed by atoms with Crippen LogP contribution < -0.4 is 10.2 Å². The van der Waals surface area contributed by atoms with E-state index in [0.717, 1.165) is 54.7 Å². The molecule has 0 saturated heterocycles. The zero-order valence-corrected chi connectivity index (χ0v) is 17.4.